The lowest BCUT2D eigenvalue weighted by Crippen LogP contribution is -2.39. The van der Waals surface area contributed by atoms with Gasteiger partial charge in [-0.1, -0.05) is 19.9 Å². The first kappa shape index (κ1) is 16.4. The van der Waals surface area contributed by atoms with E-state index in [1.165, 1.54) is 5.56 Å². The molecule has 0 spiro atoms. The molecule has 1 aliphatic heterocycles. The van der Waals surface area contributed by atoms with Crippen LogP contribution in [0.1, 0.15) is 25.0 Å². The first-order chi connectivity index (χ1) is 9.70. The Morgan fingerprint density at radius 3 is 2.57 bits per heavy atom. The molecular formula is C15H25N3O2S. The SMILES string of the molecule is CN(C)CC(C)(C)CNS(=O)(=O)c1ccc2c(c1)CNC2. The molecule has 1 aromatic rings. The Labute approximate surface area is 127 Å². The standard InChI is InChI=1S/C15H25N3O2S/c1-15(2,11-18(3)4)10-17-21(19,20)14-6-5-12-8-16-9-13(12)7-14/h5-7,16-17H,8-11H2,1-4H3. The van der Waals surface area contributed by atoms with Crippen molar-refractivity contribution in [2.24, 2.45) is 5.41 Å². The van der Waals surface area contributed by atoms with Crippen LogP contribution in [0.25, 0.3) is 0 Å². The second-order valence-electron chi connectivity index (χ2n) is 6.76. The van der Waals surface area contributed by atoms with Crippen molar-refractivity contribution in [1.29, 1.82) is 0 Å². The molecular weight excluding hydrogens is 286 g/mol. The van der Waals surface area contributed by atoms with Crippen molar-refractivity contribution >= 4 is 10.0 Å². The van der Waals surface area contributed by atoms with E-state index in [0.29, 0.717) is 11.4 Å². The van der Waals surface area contributed by atoms with Crippen LogP contribution in [0.15, 0.2) is 23.1 Å². The van der Waals surface area contributed by atoms with Gasteiger partial charge in [0.05, 0.1) is 4.90 Å². The Morgan fingerprint density at radius 2 is 1.90 bits per heavy atom. The summed E-state index contributed by atoms with van der Waals surface area (Å²) in [5, 5.41) is 3.22. The molecule has 0 aromatic heterocycles. The Hall–Kier alpha value is -0.950. The molecule has 2 rings (SSSR count). The van der Waals surface area contributed by atoms with Gasteiger partial charge in [0.1, 0.15) is 0 Å². The summed E-state index contributed by atoms with van der Waals surface area (Å²) in [7, 11) is 0.533. The molecule has 0 atom stereocenters. The fraction of sp³-hybridized carbons (Fsp3) is 0.600. The second-order valence-corrected chi connectivity index (χ2v) is 8.53. The molecule has 6 heteroatoms. The summed E-state index contributed by atoms with van der Waals surface area (Å²) in [6.07, 6.45) is 0. The van der Waals surface area contributed by atoms with E-state index in [9.17, 15) is 8.42 Å². The van der Waals surface area contributed by atoms with Crippen LogP contribution in [0.3, 0.4) is 0 Å². The molecule has 1 heterocycles. The fourth-order valence-corrected chi connectivity index (χ4v) is 4.02. The quantitative estimate of drug-likeness (QED) is 0.827. The number of fused-ring (bicyclic) bond motifs is 1. The highest BCUT2D eigenvalue weighted by atomic mass is 32.2. The summed E-state index contributed by atoms with van der Waals surface area (Å²) in [6.45, 7) is 6.92. The first-order valence-corrected chi connectivity index (χ1v) is 8.65. The third-order valence-electron chi connectivity index (χ3n) is 3.60. The van der Waals surface area contributed by atoms with E-state index >= 15 is 0 Å². The van der Waals surface area contributed by atoms with Gasteiger partial charge in [0.2, 0.25) is 10.0 Å². The summed E-state index contributed by atoms with van der Waals surface area (Å²) in [6, 6.07) is 5.36. The minimum atomic E-state index is -3.45. The number of rotatable bonds is 6. The predicted octanol–water partition coefficient (Wildman–Crippen LogP) is 1.16. The summed E-state index contributed by atoms with van der Waals surface area (Å²) < 4.78 is 27.6. The minimum Gasteiger partial charge on any atom is -0.309 e. The van der Waals surface area contributed by atoms with E-state index < -0.39 is 10.0 Å². The fourth-order valence-electron chi connectivity index (χ4n) is 2.72. The first-order valence-electron chi connectivity index (χ1n) is 7.17. The van der Waals surface area contributed by atoms with Gasteiger partial charge in [-0.3, -0.25) is 0 Å². The molecule has 2 N–H and O–H groups in total. The van der Waals surface area contributed by atoms with Crippen molar-refractivity contribution < 1.29 is 8.42 Å². The molecule has 118 valence electrons. The van der Waals surface area contributed by atoms with Crippen LogP contribution in [0.4, 0.5) is 0 Å². The van der Waals surface area contributed by atoms with Crippen molar-refractivity contribution in [2.45, 2.75) is 31.8 Å². The Balaban J connectivity index is 2.08. The van der Waals surface area contributed by atoms with Crippen LogP contribution in [0.5, 0.6) is 0 Å². The molecule has 1 aromatic carbocycles. The van der Waals surface area contributed by atoms with Crippen LogP contribution >= 0.6 is 0 Å². The number of hydrogen-bond donors (Lipinski definition) is 2. The number of sulfonamides is 1. The van der Waals surface area contributed by atoms with Gasteiger partial charge in [0.15, 0.2) is 0 Å². The Morgan fingerprint density at radius 1 is 1.24 bits per heavy atom. The van der Waals surface area contributed by atoms with E-state index in [-0.39, 0.29) is 5.41 Å². The maximum Gasteiger partial charge on any atom is 0.240 e. The molecule has 0 saturated carbocycles. The maximum absolute atomic E-state index is 12.4. The van der Waals surface area contributed by atoms with Gasteiger partial charge < -0.3 is 10.2 Å². The zero-order chi connectivity index (χ0) is 15.7. The third-order valence-corrected chi connectivity index (χ3v) is 5.00. The average molecular weight is 311 g/mol. The second kappa shape index (κ2) is 6.04. The molecule has 1 aliphatic rings. The number of hydrogen-bond acceptors (Lipinski definition) is 4. The van der Waals surface area contributed by atoms with Crippen LogP contribution in [-0.4, -0.2) is 40.5 Å². The zero-order valence-corrected chi connectivity index (χ0v) is 14.0. The molecule has 0 amide bonds. The summed E-state index contributed by atoms with van der Waals surface area (Å²) >= 11 is 0. The average Bonchev–Trinajstić information content (AvgIpc) is 2.82. The van der Waals surface area contributed by atoms with E-state index in [2.05, 4.69) is 28.8 Å². The molecule has 0 bridgehead atoms. The normalized spacial score (nSPS) is 15.5. The van der Waals surface area contributed by atoms with Crippen molar-refractivity contribution in [2.75, 3.05) is 27.2 Å². The zero-order valence-electron chi connectivity index (χ0n) is 13.2. The summed E-state index contributed by atoms with van der Waals surface area (Å²) in [5.74, 6) is 0. The van der Waals surface area contributed by atoms with Crippen molar-refractivity contribution in [3.8, 4) is 0 Å². The lowest BCUT2D eigenvalue weighted by Gasteiger charge is -2.28. The lowest BCUT2D eigenvalue weighted by atomic mass is 9.93. The Kier molecular flexibility index (Phi) is 4.72. The highest BCUT2D eigenvalue weighted by Gasteiger charge is 2.24. The van der Waals surface area contributed by atoms with E-state index in [0.717, 1.165) is 25.2 Å². The number of nitrogens with zero attached hydrogens (tertiary/aromatic N) is 1. The Bertz CT molecular complexity index is 609. The van der Waals surface area contributed by atoms with Crippen LogP contribution in [0, 0.1) is 5.41 Å². The van der Waals surface area contributed by atoms with Gasteiger partial charge in [-0.2, -0.15) is 0 Å². The van der Waals surface area contributed by atoms with Gasteiger partial charge in [0, 0.05) is 26.2 Å². The molecule has 0 fully saturated rings. The van der Waals surface area contributed by atoms with E-state index in [4.69, 9.17) is 0 Å². The summed E-state index contributed by atoms with van der Waals surface area (Å²) in [5.41, 5.74) is 2.14. The minimum absolute atomic E-state index is 0.116. The molecule has 0 radical (unpaired) electrons. The van der Waals surface area contributed by atoms with Gasteiger partial charge in [-0.05, 0) is 42.8 Å². The smallest absolute Gasteiger partial charge is 0.240 e. The highest BCUT2D eigenvalue weighted by Crippen LogP contribution is 2.21. The molecule has 5 nitrogen and oxygen atoms in total. The van der Waals surface area contributed by atoms with Gasteiger partial charge >= 0.3 is 0 Å². The topological polar surface area (TPSA) is 61.4 Å². The monoisotopic (exact) mass is 311 g/mol. The summed E-state index contributed by atoms with van der Waals surface area (Å²) in [4.78, 5) is 2.42. The molecule has 0 unspecified atom stereocenters. The van der Waals surface area contributed by atoms with Gasteiger partial charge in [0.25, 0.3) is 0 Å². The number of nitrogens with one attached hydrogen (secondary N) is 2. The molecule has 0 aliphatic carbocycles. The lowest BCUT2D eigenvalue weighted by molar-refractivity contribution is 0.242. The molecule has 21 heavy (non-hydrogen) atoms. The van der Waals surface area contributed by atoms with E-state index in [1.807, 2.05) is 20.2 Å². The highest BCUT2D eigenvalue weighted by molar-refractivity contribution is 7.89. The van der Waals surface area contributed by atoms with Crippen LogP contribution in [0.2, 0.25) is 0 Å². The maximum atomic E-state index is 12.4. The van der Waals surface area contributed by atoms with E-state index in [1.54, 1.807) is 12.1 Å². The number of benzene rings is 1. The van der Waals surface area contributed by atoms with Gasteiger partial charge in [-0.25, -0.2) is 13.1 Å². The van der Waals surface area contributed by atoms with Crippen molar-refractivity contribution in [3.63, 3.8) is 0 Å². The third kappa shape index (κ3) is 4.26. The van der Waals surface area contributed by atoms with Crippen molar-refractivity contribution in [1.82, 2.24) is 14.9 Å². The van der Waals surface area contributed by atoms with Crippen molar-refractivity contribution in [3.05, 3.63) is 29.3 Å². The van der Waals surface area contributed by atoms with Gasteiger partial charge in [-0.15, -0.1) is 0 Å². The van der Waals surface area contributed by atoms with Crippen LogP contribution < -0.4 is 10.0 Å². The largest absolute Gasteiger partial charge is 0.309 e. The van der Waals surface area contributed by atoms with Crippen LogP contribution in [-0.2, 0) is 23.1 Å². The molecule has 0 saturated heterocycles. The predicted molar refractivity (Wildman–Crippen MR) is 84.5 cm³/mol.